The van der Waals surface area contributed by atoms with E-state index in [2.05, 4.69) is 24.9 Å². The second kappa shape index (κ2) is 7.41. The van der Waals surface area contributed by atoms with Crippen molar-refractivity contribution in [3.05, 3.63) is 23.8 Å². The number of hydrogen-bond donors (Lipinski definition) is 2. The van der Waals surface area contributed by atoms with Crippen molar-refractivity contribution in [1.82, 2.24) is 4.90 Å². The quantitative estimate of drug-likeness (QED) is 0.666. The zero-order valence-corrected chi connectivity index (χ0v) is 10.9. The first-order chi connectivity index (χ1) is 8.22. The van der Waals surface area contributed by atoms with Crippen LogP contribution in [0.1, 0.15) is 26.2 Å². The van der Waals surface area contributed by atoms with Crippen LogP contribution >= 0.6 is 0 Å². The van der Waals surface area contributed by atoms with Crippen molar-refractivity contribution in [2.75, 3.05) is 20.2 Å². The van der Waals surface area contributed by atoms with E-state index in [4.69, 9.17) is 5.41 Å². The van der Waals surface area contributed by atoms with E-state index in [1.807, 2.05) is 12.2 Å². The molecule has 0 radical (unpaired) electrons. The molecule has 2 unspecified atom stereocenters. The SMILES string of the molecule is CCCC(CO)CN(C)C1CC=CC=C1C=N. The highest BCUT2D eigenvalue weighted by Crippen LogP contribution is 2.19. The summed E-state index contributed by atoms with van der Waals surface area (Å²) in [4.78, 5) is 2.26. The van der Waals surface area contributed by atoms with E-state index in [1.165, 1.54) is 6.21 Å². The number of allylic oxidation sites excluding steroid dienone is 2. The van der Waals surface area contributed by atoms with Gasteiger partial charge in [-0.25, -0.2) is 0 Å². The fourth-order valence-corrected chi connectivity index (χ4v) is 2.40. The van der Waals surface area contributed by atoms with E-state index >= 15 is 0 Å². The lowest BCUT2D eigenvalue weighted by atomic mass is 9.96. The summed E-state index contributed by atoms with van der Waals surface area (Å²) in [7, 11) is 2.08. The molecular weight excluding hydrogens is 212 g/mol. The Morgan fingerprint density at radius 3 is 3.00 bits per heavy atom. The fraction of sp³-hybridized carbons (Fsp3) is 0.643. The first-order valence-electron chi connectivity index (χ1n) is 6.41. The number of hydrogen-bond acceptors (Lipinski definition) is 3. The van der Waals surface area contributed by atoms with E-state index < -0.39 is 0 Å². The second-order valence-corrected chi connectivity index (χ2v) is 4.77. The van der Waals surface area contributed by atoms with E-state index in [1.54, 1.807) is 0 Å². The van der Waals surface area contributed by atoms with Crippen molar-refractivity contribution < 1.29 is 5.11 Å². The maximum atomic E-state index is 9.33. The molecule has 0 amide bonds. The number of aliphatic hydroxyl groups excluding tert-OH is 1. The van der Waals surface area contributed by atoms with Crippen molar-refractivity contribution in [2.45, 2.75) is 32.2 Å². The molecule has 0 saturated heterocycles. The standard InChI is InChI=1S/C14H24N2O/c1-3-6-12(11-17)10-16(2)14-8-5-4-7-13(14)9-15/h4-5,7,9,12,14-15,17H,3,6,8,10-11H2,1-2H3. The van der Waals surface area contributed by atoms with Crippen molar-refractivity contribution in [2.24, 2.45) is 5.92 Å². The van der Waals surface area contributed by atoms with Crippen molar-refractivity contribution in [3.8, 4) is 0 Å². The molecule has 0 saturated carbocycles. The summed E-state index contributed by atoms with van der Waals surface area (Å²) in [5, 5.41) is 16.8. The highest BCUT2D eigenvalue weighted by molar-refractivity contribution is 5.78. The summed E-state index contributed by atoms with van der Waals surface area (Å²) in [5.74, 6) is 0.350. The molecule has 0 aromatic rings. The van der Waals surface area contributed by atoms with Crippen LogP contribution in [-0.2, 0) is 0 Å². The number of nitrogens with zero attached hydrogens (tertiary/aromatic N) is 1. The van der Waals surface area contributed by atoms with Crippen LogP contribution in [0, 0.1) is 11.3 Å². The Morgan fingerprint density at radius 1 is 1.65 bits per heavy atom. The Bertz CT molecular complexity index is 297. The molecule has 1 aliphatic rings. The molecule has 3 nitrogen and oxygen atoms in total. The second-order valence-electron chi connectivity index (χ2n) is 4.77. The monoisotopic (exact) mass is 236 g/mol. The van der Waals surface area contributed by atoms with Crippen molar-refractivity contribution >= 4 is 6.21 Å². The average molecular weight is 236 g/mol. The minimum atomic E-state index is 0.254. The molecule has 17 heavy (non-hydrogen) atoms. The zero-order valence-electron chi connectivity index (χ0n) is 10.9. The Morgan fingerprint density at radius 2 is 2.41 bits per heavy atom. The molecule has 3 heteroatoms. The van der Waals surface area contributed by atoms with Crippen LogP contribution in [0.4, 0.5) is 0 Å². The minimum absolute atomic E-state index is 0.254. The summed E-state index contributed by atoms with van der Waals surface area (Å²) >= 11 is 0. The van der Waals surface area contributed by atoms with Crippen molar-refractivity contribution in [1.29, 1.82) is 5.41 Å². The van der Waals surface area contributed by atoms with Crippen LogP contribution in [-0.4, -0.2) is 42.5 Å². The summed E-state index contributed by atoms with van der Waals surface area (Å²) in [5.41, 5.74) is 1.06. The van der Waals surface area contributed by atoms with Gasteiger partial charge in [0, 0.05) is 25.4 Å². The van der Waals surface area contributed by atoms with E-state index in [-0.39, 0.29) is 6.61 Å². The first-order valence-corrected chi connectivity index (χ1v) is 6.41. The fourth-order valence-electron chi connectivity index (χ4n) is 2.40. The van der Waals surface area contributed by atoms with Crippen LogP contribution < -0.4 is 0 Å². The molecule has 0 aromatic carbocycles. The number of aliphatic hydroxyl groups is 1. The summed E-state index contributed by atoms with van der Waals surface area (Å²) in [6, 6.07) is 0.295. The number of likely N-dealkylation sites (N-methyl/N-ethyl adjacent to an activating group) is 1. The third-order valence-corrected chi connectivity index (χ3v) is 3.37. The maximum Gasteiger partial charge on any atom is 0.0471 e. The van der Waals surface area contributed by atoms with Gasteiger partial charge in [0.1, 0.15) is 0 Å². The largest absolute Gasteiger partial charge is 0.396 e. The van der Waals surface area contributed by atoms with E-state index in [9.17, 15) is 5.11 Å². The topological polar surface area (TPSA) is 47.3 Å². The molecule has 96 valence electrons. The van der Waals surface area contributed by atoms with Gasteiger partial charge in [0.2, 0.25) is 0 Å². The van der Waals surface area contributed by atoms with Gasteiger partial charge in [-0.05, 0) is 31.4 Å². The molecule has 1 rings (SSSR count). The van der Waals surface area contributed by atoms with Gasteiger partial charge in [-0.3, -0.25) is 4.90 Å². The van der Waals surface area contributed by atoms with Gasteiger partial charge in [0.05, 0.1) is 0 Å². The van der Waals surface area contributed by atoms with Crippen molar-refractivity contribution in [3.63, 3.8) is 0 Å². The molecule has 0 aromatic heterocycles. The Labute approximate surface area is 104 Å². The first kappa shape index (κ1) is 14.1. The number of rotatable bonds is 7. The van der Waals surface area contributed by atoms with Crippen LogP contribution in [0.3, 0.4) is 0 Å². The molecule has 0 spiro atoms. The summed E-state index contributed by atoms with van der Waals surface area (Å²) < 4.78 is 0. The molecule has 2 atom stereocenters. The third-order valence-electron chi connectivity index (χ3n) is 3.37. The lowest BCUT2D eigenvalue weighted by molar-refractivity contribution is 0.157. The van der Waals surface area contributed by atoms with Gasteiger partial charge in [-0.1, -0.05) is 31.6 Å². The molecule has 0 bridgehead atoms. The smallest absolute Gasteiger partial charge is 0.0471 e. The Kier molecular flexibility index (Phi) is 6.16. The number of nitrogens with one attached hydrogen (secondary N) is 1. The lowest BCUT2D eigenvalue weighted by Crippen LogP contribution is -2.38. The van der Waals surface area contributed by atoms with Gasteiger partial charge in [-0.15, -0.1) is 0 Å². The molecule has 0 fully saturated rings. The molecular formula is C14H24N2O. The van der Waals surface area contributed by atoms with Gasteiger partial charge in [0.25, 0.3) is 0 Å². The highest BCUT2D eigenvalue weighted by Gasteiger charge is 2.20. The van der Waals surface area contributed by atoms with E-state index in [0.29, 0.717) is 12.0 Å². The van der Waals surface area contributed by atoms with Crippen LogP contribution in [0.2, 0.25) is 0 Å². The minimum Gasteiger partial charge on any atom is -0.396 e. The Balaban J connectivity index is 2.57. The van der Waals surface area contributed by atoms with E-state index in [0.717, 1.165) is 31.4 Å². The van der Waals surface area contributed by atoms with Gasteiger partial charge in [0.15, 0.2) is 0 Å². The summed E-state index contributed by atoms with van der Waals surface area (Å²) in [6.45, 7) is 3.30. The molecule has 0 aliphatic heterocycles. The normalized spacial score (nSPS) is 21.4. The third kappa shape index (κ3) is 4.10. The molecule has 1 aliphatic carbocycles. The molecule has 2 N–H and O–H groups in total. The van der Waals surface area contributed by atoms with Gasteiger partial charge in [-0.2, -0.15) is 0 Å². The average Bonchev–Trinajstić information content (AvgIpc) is 2.38. The summed E-state index contributed by atoms with van der Waals surface area (Å²) in [6.07, 6.45) is 10.7. The highest BCUT2D eigenvalue weighted by atomic mass is 16.3. The predicted octanol–water partition coefficient (Wildman–Crippen LogP) is 2.23. The predicted molar refractivity (Wildman–Crippen MR) is 72.5 cm³/mol. The Hall–Kier alpha value is -0.930. The van der Waals surface area contributed by atoms with Gasteiger partial charge < -0.3 is 10.5 Å². The van der Waals surface area contributed by atoms with Gasteiger partial charge >= 0.3 is 0 Å². The molecule has 0 heterocycles. The van der Waals surface area contributed by atoms with Crippen LogP contribution in [0.5, 0.6) is 0 Å². The lowest BCUT2D eigenvalue weighted by Gasteiger charge is -2.32. The van der Waals surface area contributed by atoms with Crippen LogP contribution in [0.15, 0.2) is 23.8 Å². The van der Waals surface area contributed by atoms with Crippen LogP contribution in [0.25, 0.3) is 0 Å². The maximum absolute atomic E-state index is 9.33. The zero-order chi connectivity index (χ0) is 12.7.